The highest BCUT2D eigenvalue weighted by Gasteiger charge is 2.26. The van der Waals surface area contributed by atoms with Crippen molar-refractivity contribution < 1.29 is 23.9 Å². The molecule has 0 aliphatic carbocycles. The van der Waals surface area contributed by atoms with E-state index in [9.17, 15) is 14.4 Å². The van der Waals surface area contributed by atoms with E-state index in [0.717, 1.165) is 48.4 Å². The Morgan fingerprint density at radius 1 is 1.07 bits per heavy atom. The molecule has 43 heavy (non-hydrogen) atoms. The maximum atomic E-state index is 12.8. The molecule has 1 aromatic heterocycles. The number of nitrogens with one attached hydrogen (secondary N) is 1. The monoisotopic (exact) mass is 618 g/mol. The summed E-state index contributed by atoms with van der Waals surface area (Å²) < 4.78 is 12.1. The lowest BCUT2D eigenvalue weighted by molar-refractivity contribution is -0.127. The number of hydrogen-bond acceptors (Lipinski definition) is 9. The number of benzene rings is 1. The largest absolute Gasteiger partial charge is 0.382 e. The molecule has 240 valence electrons. The van der Waals surface area contributed by atoms with Gasteiger partial charge in [0.1, 0.15) is 28.9 Å². The van der Waals surface area contributed by atoms with E-state index in [-0.39, 0.29) is 40.2 Å². The first-order valence-electron chi connectivity index (χ1n) is 15.3. The highest BCUT2D eigenvalue weighted by atomic mass is 32.2. The van der Waals surface area contributed by atoms with Crippen molar-refractivity contribution >= 4 is 28.2 Å². The molecule has 0 fully saturated rings. The third-order valence-corrected chi connectivity index (χ3v) is 9.26. The summed E-state index contributed by atoms with van der Waals surface area (Å²) in [5, 5.41) is 11.4. The van der Waals surface area contributed by atoms with Crippen LogP contribution in [-0.4, -0.2) is 90.9 Å². The van der Waals surface area contributed by atoms with Gasteiger partial charge >= 0.3 is 0 Å². The summed E-state index contributed by atoms with van der Waals surface area (Å²) in [6.45, 7) is 4.48. The maximum Gasteiger partial charge on any atom is 0.150 e. The van der Waals surface area contributed by atoms with Gasteiger partial charge < -0.3 is 20.5 Å². The SMILES string of the molecule is CN[C@@H](CCCCN)C(=O)C[C@@H](CC[S+](C)Cc1ccc(CC(=O)CCc2cn(CCOCCOC)nn2)cc1)C(C)=O. The Kier molecular flexibility index (Phi) is 18.2. The summed E-state index contributed by atoms with van der Waals surface area (Å²) in [5.41, 5.74) is 8.60. The second kappa shape index (κ2) is 21.3. The van der Waals surface area contributed by atoms with Crippen LogP contribution in [0, 0.1) is 5.92 Å². The maximum absolute atomic E-state index is 12.8. The summed E-state index contributed by atoms with van der Waals surface area (Å²) >= 11 is 0. The van der Waals surface area contributed by atoms with Gasteiger partial charge in [-0.05, 0) is 49.8 Å². The molecule has 1 unspecified atom stereocenters. The second-order valence-corrected chi connectivity index (χ2v) is 13.4. The van der Waals surface area contributed by atoms with Crippen LogP contribution in [0.5, 0.6) is 0 Å². The Hall–Kier alpha value is -2.44. The standard InChI is InChI=1S/C32H52N5O5S/c1-25(38)28(22-32(40)31(34-2)7-5-6-15-33)14-20-43(4)24-27-10-8-26(9-11-27)21-30(39)13-12-29-23-37(36-35-29)16-17-42-19-18-41-3/h8-11,23,28,31,34H,5-7,12-22,24,33H2,1-4H3/q+1/t28-,31+,43?/m1/s1. The fourth-order valence-electron chi connectivity index (χ4n) is 4.80. The minimum Gasteiger partial charge on any atom is -0.382 e. The normalized spacial score (nSPS) is 13.5. The number of ketones is 3. The van der Waals surface area contributed by atoms with Crippen LogP contribution in [0.25, 0.3) is 0 Å². The van der Waals surface area contributed by atoms with Crippen LogP contribution in [0.3, 0.4) is 0 Å². The van der Waals surface area contributed by atoms with Crippen molar-refractivity contribution in [3.63, 3.8) is 0 Å². The number of carbonyl (C=O) groups is 3. The average molecular weight is 619 g/mol. The molecule has 0 radical (unpaired) electrons. The molecule has 3 N–H and O–H groups in total. The van der Waals surface area contributed by atoms with Crippen LogP contribution in [0.1, 0.15) is 62.3 Å². The second-order valence-electron chi connectivity index (χ2n) is 11.1. The zero-order chi connectivity index (χ0) is 31.5. The first-order valence-corrected chi connectivity index (χ1v) is 17.3. The first-order chi connectivity index (χ1) is 20.7. The highest BCUT2D eigenvalue weighted by Crippen LogP contribution is 2.18. The molecule has 0 saturated heterocycles. The minimum absolute atomic E-state index is 0.0764. The number of methoxy groups -OCH3 is 1. The molecule has 11 heteroatoms. The number of Topliss-reactive ketones (excluding diaryl/α,β-unsaturated/α-hetero) is 3. The van der Waals surface area contributed by atoms with Gasteiger partial charge in [-0.25, -0.2) is 4.68 Å². The molecule has 0 aliphatic rings. The molecule has 0 aliphatic heterocycles. The number of nitrogens with two attached hydrogens (primary N) is 1. The van der Waals surface area contributed by atoms with E-state index < -0.39 is 0 Å². The smallest absolute Gasteiger partial charge is 0.150 e. The molecule has 3 atom stereocenters. The Morgan fingerprint density at radius 2 is 1.81 bits per heavy atom. The van der Waals surface area contributed by atoms with E-state index in [0.29, 0.717) is 58.6 Å². The van der Waals surface area contributed by atoms with Gasteiger partial charge in [0.15, 0.2) is 0 Å². The lowest BCUT2D eigenvalue weighted by Gasteiger charge is -2.18. The first kappa shape index (κ1) is 36.8. The number of rotatable bonds is 25. The Morgan fingerprint density at radius 3 is 2.49 bits per heavy atom. The van der Waals surface area contributed by atoms with Crippen LogP contribution in [-0.2, 0) is 59.9 Å². The number of ether oxygens (including phenoxy) is 2. The van der Waals surface area contributed by atoms with Crippen LogP contribution in [0.4, 0.5) is 0 Å². The Balaban J connectivity index is 1.73. The Labute approximate surface area is 260 Å². The molecule has 2 aromatic rings. The van der Waals surface area contributed by atoms with Gasteiger partial charge in [0.25, 0.3) is 0 Å². The number of likely N-dealkylation sites (N-methyl/N-ethyl adjacent to an activating group) is 1. The predicted molar refractivity (Wildman–Crippen MR) is 172 cm³/mol. The number of hydrogen-bond donors (Lipinski definition) is 2. The molecule has 0 spiro atoms. The fourth-order valence-corrected chi connectivity index (χ4v) is 6.39. The number of aromatic nitrogens is 3. The number of nitrogens with zero attached hydrogens (tertiary/aromatic N) is 3. The molecule has 1 aromatic carbocycles. The van der Waals surface area contributed by atoms with Gasteiger partial charge in [-0.15, -0.1) is 5.10 Å². The summed E-state index contributed by atoms with van der Waals surface area (Å²) in [6, 6.07) is 8.04. The number of aryl methyl sites for hydroxylation is 1. The zero-order valence-electron chi connectivity index (χ0n) is 26.5. The van der Waals surface area contributed by atoms with E-state index in [2.05, 4.69) is 34.0 Å². The van der Waals surface area contributed by atoms with Crippen LogP contribution in [0.15, 0.2) is 30.5 Å². The molecule has 2 rings (SSSR count). The minimum atomic E-state index is -0.231. The molecule has 0 bridgehead atoms. The van der Waals surface area contributed by atoms with Gasteiger partial charge in [0.05, 0.1) is 44.4 Å². The zero-order valence-corrected chi connectivity index (χ0v) is 27.3. The van der Waals surface area contributed by atoms with Gasteiger partial charge in [0, 0.05) is 56.9 Å². The topological polar surface area (TPSA) is 138 Å². The summed E-state index contributed by atoms with van der Waals surface area (Å²) in [6.07, 6.45) is 9.04. The van der Waals surface area contributed by atoms with Crippen LogP contribution >= 0.6 is 0 Å². The third kappa shape index (κ3) is 15.2. The van der Waals surface area contributed by atoms with Crippen LogP contribution < -0.4 is 11.1 Å². The van der Waals surface area contributed by atoms with E-state index in [1.165, 1.54) is 5.56 Å². The van der Waals surface area contributed by atoms with Gasteiger partial charge in [0.2, 0.25) is 0 Å². The van der Waals surface area contributed by atoms with Crippen molar-refractivity contribution in [1.29, 1.82) is 0 Å². The average Bonchev–Trinajstić information content (AvgIpc) is 3.44. The van der Waals surface area contributed by atoms with E-state index >= 15 is 0 Å². The number of carbonyl (C=O) groups excluding carboxylic acids is 3. The molecule has 1 heterocycles. The molecule has 0 saturated carbocycles. The van der Waals surface area contributed by atoms with E-state index in [4.69, 9.17) is 15.2 Å². The highest BCUT2D eigenvalue weighted by molar-refractivity contribution is 7.95. The molecule has 0 amide bonds. The van der Waals surface area contributed by atoms with Crippen molar-refractivity contribution in [2.24, 2.45) is 11.7 Å². The summed E-state index contributed by atoms with van der Waals surface area (Å²) in [4.78, 5) is 37.7. The fraction of sp³-hybridized carbons (Fsp3) is 0.656. The van der Waals surface area contributed by atoms with Crippen molar-refractivity contribution in [1.82, 2.24) is 20.3 Å². The molecule has 10 nitrogen and oxygen atoms in total. The quantitative estimate of drug-likeness (QED) is 0.127. The third-order valence-electron chi connectivity index (χ3n) is 7.50. The van der Waals surface area contributed by atoms with E-state index in [1.807, 2.05) is 18.3 Å². The predicted octanol–water partition coefficient (Wildman–Crippen LogP) is 2.71. The van der Waals surface area contributed by atoms with Crippen molar-refractivity contribution in [2.75, 3.05) is 52.5 Å². The van der Waals surface area contributed by atoms with Crippen molar-refractivity contribution in [3.05, 3.63) is 47.3 Å². The van der Waals surface area contributed by atoms with Gasteiger partial charge in [-0.3, -0.25) is 14.4 Å². The lowest BCUT2D eigenvalue weighted by Crippen LogP contribution is -2.36. The van der Waals surface area contributed by atoms with Crippen molar-refractivity contribution in [2.45, 2.75) is 76.6 Å². The van der Waals surface area contributed by atoms with Crippen LogP contribution in [0.2, 0.25) is 0 Å². The van der Waals surface area contributed by atoms with E-state index in [1.54, 1.807) is 25.8 Å². The molecular formula is C32H52N5O5S+. The number of unbranched alkanes of at least 4 members (excludes halogenated alkanes) is 1. The molecular weight excluding hydrogens is 566 g/mol. The van der Waals surface area contributed by atoms with Crippen molar-refractivity contribution in [3.8, 4) is 0 Å². The van der Waals surface area contributed by atoms with Gasteiger partial charge in [-0.2, -0.15) is 0 Å². The summed E-state index contributed by atoms with van der Waals surface area (Å²) in [5.74, 6) is 1.96. The summed E-state index contributed by atoms with van der Waals surface area (Å²) in [7, 11) is 3.52. The van der Waals surface area contributed by atoms with Gasteiger partial charge in [-0.1, -0.05) is 35.9 Å². The lowest BCUT2D eigenvalue weighted by atomic mass is 9.91. The Bertz CT molecular complexity index is 1090.